The topological polar surface area (TPSA) is 181 Å². The van der Waals surface area contributed by atoms with E-state index in [1.54, 1.807) is 0 Å². The number of carboxylic acid groups (broad SMARTS) is 3. The van der Waals surface area contributed by atoms with Gasteiger partial charge < -0.3 is 44.4 Å². The molecule has 0 aliphatic rings. The van der Waals surface area contributed by atoms with Crippen molar-refractivity contribution in [2.24, 2.45) is 0 Å². The van der Waals surface area contributed by atoms with E-state index in [0.717, 1.165) is 38.5 Å². The second-order valence-corrected chi connectivity index (χ2v) is 23.1. The molecular formula is C66H126AlN3O9. The molecule has 0 N–H and O–H groups in total. The normalized spacial score (nSPS) is 12.0. The Labute approximate surface area is 498 Å². The Bertz CT molecular complexity index is 1240. The van der Waals surface area contributed by atoms with Gasteiger partial charge in [-0.3, -0.25) is 14.4 Å². The maximum Gasteiger partial charge on any atom is 3.00 e. The smallest absolute Gasteiger partial charge is 0.548 e. The molecule has 3 amide bonds. The fourth-order valence-electron chi connectivity index (χ4n) is 9.59. The molecule has 0 aromatic heterocycles. The van der Waals surface area contributed by atoms with Crippen LogP contribution in [-0.2, 0) is 28.8 Å². The molecule has 0 saturated heterocycles. The van der Waals surface area contributed by atoms with Crippen molar-refractivity contribution < 1.29 is 44.1 Å². The van der Waals surface area contributed by atoms with Gasteiger partial charge in [0.1, 0.15) is 0 Å². The van der Waals surface area contributed by atoms with Crippen molar-refractivity contribution in [2.45, 2.75) is 368 Å². The molecule has 0 aliphatic carbocycles. The van der Waals surface area contributed by atoms with Crippen LogP contribution in [0.4, 0.5) is 0 Å². The van der Waals surface area contributed by atoms with Gasteiger partial charge in [-0.25, -0.2) is 0 Å². The maximum absolute atomic E-state index is 11.9. The molecule has 462 valence electrons. The van der Waals surface area contributed by atoms with Crippen LogP contribution in [0.2, 0.25) is 0 Å². The van der Waals surface area contributed by atoms with Gasteiger partial charge in [-0.1, -0.05) is 290 Å². The van der Waals surface area contributed by atoms with Crippen LogP contribution in [0.3, 0.4) is 0 Å². The number of amides is 3. The second kappa shape index (κ2) is 62.9. The number of likely N-dealkylation sites (N-methyl/N-ethyl adjacent to an activating group) is 3. The predicted octanol–water partition coefficient (Wildman–Crippen LogP) is 14.2. The quantitative estimate of drug-likeness (QED) is 0.0423. The van der Waals surface area contributed by atoms with Gasteiger partial charge in [-0.15, -0.1) is 0 Å². The van der Waals surface area contributed by atoms with Crippen molar-refractivity contribution in [3.05, 3.63) is 0 Å². The summed E-state index contributed by atoms with van der Waals surface area (Å²) in [5, 5.41) is 32.3. The van der Waals surface area contributed by atoms with Crippen LogP contribution in [-0.4, -0.2) is 107 Å². The number of carboxylic acids is 3. The number of unbranched alkanes of at least 4 members (excludes halogenated alkanes) is 42. The summed E-state index contributed by atoms with van der Waals surface area (Å²) in [7, 11) is 4.61. The summed E-state index contributed by atoms with van der Waals surface area (Å²) in [5.74, 6) is -3.89. The molecule has 0 bridgehead atoms. The Morgan fingerprint density at radius 1 is 0.253 bits per heavy atom. The van der Waals surface area contributed by atoms with Gasteiger partial charge in [0.05, 0.1) is 36.0 Å². The number of hydrogen-bond acceptors (Lipinski definition) is 9. The third kappa shape index (κ3) is 57.0. The van der Waals surface area contributed by atoms with Crippen molar-refractivity contribution >= 4 is 53.0 Å². The summed E-state index contributed by atoms with van der Waals surface area (Å²) in [5.41, 5.74) is 0. The van der Waals surface area contributed by atoms with Crippen LogP contribution in [0.5, 0.6) is 0 Å². The number of hydrogen-bond donors (Lipinski definition) is 0. The number of carbonyl (C=O) groups excluding carboxylic acids is 6. The number of rotatable bonds is 54. The first-order valence-electron chi connectivity index (χ1n) is 32.9. The SMILES string of the molecule is CCCCCCCCCCCCCCCCCC(=O)N(C)[C@@H](C)C(=O)[O-].CCCCCCCCCCCCCCCCCC(=O)N(C)[C@@H](C)C(=O)[O-].CCCCCCCCCCCCCCCCCC(=O)N(C)[C@@H](C)C(=O)[O-].[Al+3]. The summed E-state index contributed by atoms with van der Waals surface area (Å²) in [6.07, 6.45) is 59.7. The van der Waals surface area contributed by atoms with Gasteiger partial charge in [-0.2, -0.15) is 0 Å². The van der Waals surface area contributed by atoms with Crippen LogP contribution in [0, 0.1) is 0 Å². The standard InChI is InChI=1S/3C22H43NO3.Al/c3*1-4-5-6-7-8-9-10-11-12-13-14-15-16-17-18-19-21(24)23(3)20(2)22(25)26;/h3*20H,4-19H2,1-3H3,(H,25,26);/q;;;+3/p-3/t3*20-;/m000./s1. The van der Waals surface area contributed by atoms with Gasteiger partial charge in [0.15, 0.2) is 0 Å². The Kier molecular flexibility index (Phi) is 66.0. The zero-order valence-electron chi connectivity index (χ0n) is 53.3. The van der Waals surface area contributed by atoms with Gasteiger partial charge in [0, 0.05) is 40.4 Å². The maximum atomic E-state index is 11.9. The summed E-state index contributed by atoms with van der Waals surface area (Å²) < 4.78 is 0. The average Bonchev–Trinajstić information content (AvgIpc) is 3.42. The van der Waals surface area contributed by atoms with E-state index in [1.165, 1.54) is 307 Å². The molecule has 13 heteroatoms. The van der Waals surface area contributed by atoms with Crippen LogP contribution >= 0.6 is 0 Å². The van der Waals surface area contributed by atoms with Gasteiger partial charge >= 0.3 is 17.4 Å². The first kappa shape index (κ1) is 82.8. The van der Waals surface area contributed by atoms with E-state index >= 15 is 0 Å². The minimum atomic E-state index is -1.20. The molecule has 0 radical (unpaired) electrons. The molecule has 12 nitrogen and oxygen atoms in total. The number of nitrogens with zero attached hydrogens (tertiary/aromatic N) is 3. The number of carbonyl (C=O) groups is 6. The Morgan fingerprint density at radius 2 is 0.367 bits per heavy atom. The third-order valence-corrected chi connectivity index (χ3v) is 15.9. The summed E-state index contributed by atoms with van der Waals surface area (Å²) in [6, 6.07) is -2.54. The van der Waals surface area contributed by atoms with Crippen molar-refractivity contribution in [3.63, 3.8) is 0 Å². The molecule has 0 aromatic rings. The van der Waals surface area contributed by atoms with Crippen LogP contribution in [0.1, 0.15) is 350 Å². The monoisotopic (exact) mass is 1130 g/mol. The Hall–Kier alpha value is -2.65. The molecular weight excluding hydrogens is 1010 g/mol. The molecule has 0 aliphatic heterocycles. The average molecular weight is 1130 g/mol. The van der Waals surface area contributed by atoms with E-state index in [4.69, 9.17) is 0 Å². The van der Waals surface area contributed by atoms with Crippen molar-refractivity contribution in [1.82, 2.24) is 14.7 Å². The minimum absolute atomic E-state index is 0. The summed E-state index contributed by atoms with van der Waals surface area (Å²) in [6.45, 7) is 11.2. The zero-order chi connectivity index (χ0) is 58.9. The fraction of sp³-hybridized carbons (Fsp3) is 0.909. The van der Waals surface area contributed by atoms with Crippen LogP contribution in [0.15, 0.2) is 0 Å². The Morgan fingerprint density at radius 3 is 0.481 bits per heavy atom. The molecule has 3 atom stereocenters. The number of aliphatic carboxylic acids is 3. The molecule has 0 spiro atoms. The molecule has 0 saturated carbocycles. The van der Waals surface area contributed by atoms with Crippen molar-refractivity contribution in [1.29, 1.82) is 0 Å². The van der Waals surface area contributed by atoms with Crippen molar-refractivity contribution in [3.8, 4) is 0 Å². The summed E-state index contributed by atoms with van der Waals surface area (Å²) in [4.78, 5) is 71.7. The van der Waals surface area contributed by atoms with Gasteiger partial charge in [0.2, 0.25) is 17.7 Å². The third-order valence-electron chi connectivity index (χ3n) is 15.9. The molecule has 0 fully saturated rings. The van der Waals surface area contributed by atoms with Crippen molar-refractivity contribution in [2.75, 3.05) is 21.1 Å². The van der Waals surface area contributed by atoms with Crippen LogP contribution in [0.25, 0.3) is 0 Å². The van der Waals surface area contributed by atoms with E-state index in [2.05, 4.69) is 20.8 Å². The van der Waals surface area contributed by atoms with E-state index in [9.17, 15) is 44.1 Å². The molecule has 0 heterocycles. The summed E-state index contributed by atoms with van der Waals surface area (Å²) >= 11 is 0. The van der Waals surface area contributed by atoms with E-state index in [-0.39, 0.29) is 35.1 Å². The first-order chi connectivity index (χ1) is 37.5. The van der Waals surface area contributed by atoms with E-state index < -0.39 is 36.0 Å². The van der Waals surface area contributed by atoms with E-state index in [0.29, 0.717) is 19.3 Å². The van der Waals surface area contributed by atoms with Gasteiger partial charge in [-0.05, 0) is 40.0 Å². The Balaban J connectivity index is -0.000000531. The largest absolute Gasteiger partial charge is 3.00 e. The van der Waals surface area contributed by atoms with Crippen LogP contribution < -0.4 is 15.3 Å². The molecule has 0 aromatic carbocycles. The fourth-order valence-corrected chi connectivity index (χ4v) is 9.59. The predicted molar refractivity (Wildman–Crippen MR) is 326 cm³/mol. The first-order valence-corrected chi connectivity index (χ1v) is 32.9. The van der Waals surface area contributed by atoms with Gasteiger partial charge in [0.25, 0.3) is 0 Å². The second-order valence-electron chi connectivity index (χ2n) is 23.1. The molecule has 0 unspecified atom stereocenters. The van der Waals surface area contributed by atoms with E-state index in [1.807, 2.05) is 0 Å². The molecule has 79 heavy (non-hydrogen) atoms. The molecule has 0 rings (SSSR count). The minimum Gasteiger partial charge on any atom is -0.548 e. The zero-order valence-corrected chi connectivity index (χ0v) is 54.4.